The highest BCUT2D eigenvalue weighted by atomic mass is 32.2. The highest BCUT2D eigenvalue weighted by Gasteiger charge is 2.23. The van der Waals surface area contributed by atoms with Crippen LogP contribution < -0.4 is 4.74 Å². The topological polar surface area (TPSA) is 31.2 Å². The number of thioether (sulfide) groups is 1. The average molecular weight is 450 g/mol. The molecular formula is C27H28FNO2S. The Kier molecular flexibility index (Phi) is 6.04. The molecule has 0 saturated carbocycles. The van der Waals surface area contributed by atoms with Crippen molar-refractivity contribution in [2.45, 2.75) is 45.6 Å². The molecule has 4 aromatic rings. The van der Waals surface area contributed by atoms with Crippen LogP contribution in [0.15, 0.2) is 59.5 Å². The second-order valence-electron chi connectivity index (χ2n) is 9.39. The van der Waals surface area contributed by atoms with E-state index < -0.39 is 0 Å². The van der Waals surface area contributed by atoms with Crippen molar-refractivity contribution < 1.29 is 13.9 Å². The molecule has 0 N–H and O–H groups in total. The third kappa shape index (κ3) is 4.40. The number of aromatic nitrogens is 1. The Labute approximate surface area is 192 Å². The van der Waals surface area contributed by atoms with Crippen LogP contribution in [0, 0.1) is 18.2 Å². The predicted octanol–water partition coefficient (Wildman–Crippen LogP) is 7.35. The van der Waals surface area contributed by atoms with Crippen molar-refractivity contribution in [3.63, 3.8) is 0 Å². The summed E-state index contributed by atoms with van der Waals surface area (Å²) in [5.41, 5.74) is 3.87. The van der Waals surface area contributed by atoms with Gasteiger partial charge in [-0.05, 0) is 54.0 Å². The molecule has 5 heteroatoms. The van der Waals surface area contributed by atoms with E-state index in [0.29, 0.717) is 18.7 Å². The zero-order chi connectivity index (χ0) is 23.0. The summed E-state index contributed by atoms with van der Waals surface area (Å²) in [4.78, 5) is 13.6. The third-order valence-electron chi connectivity index (χ3n) is 5.48. The normalized spacial score (nSPS) is 11.9. The molecule has 0 bridgehead atoms. The SMILES string of the molecule is CSc1c(OC(=O)CC(C)(C)C)cc(C)c2c3ccccc3n(Cc3cccc(F)c3)c12. The molecule has 0 fully saturated rings. The Hall–Kier alpha value is -2.79. The number of halogens is 1. The Morgan fingerprint density at radius 3 is 2.53 bits per heavy atom. The minimum atomic E-state index is -0.249. The van der Waals surface area contributed by atoms with E-state index in [1.165, 1.54) is 6.07 Å². The average Bonchev–Trinajstić information content (AvgIpc) is 3.02. The number of para-hydroxylation sites is 1. The lowest BCUT2D eigenvalue weighted by atomic mass is 9.92. The predicted molar refractivity (Wildman–Crippen MR) is 131 cm³/mol. The van der Waals surface area contributed by atoms with Crippen LogP contribution in [0.1, 0.15) is 38.3 Å². The van der Waals surface area contributed by atoms with Gasteiger partial charge in [0.25, 0.3) is 0 Å². The van der Waals surface area contributed by atoms with Crippen molar-refractivity contribution in [1.29, 1.82) is 0 Å². The molecule has 1 heterocycles. The van der Waals surface area contributed by atoms with Gasteiger partial charge in [0.05, 0.1) is 16.8 Å². The van der Waals surface area contributed by atoms with Gasteiger partial charge in [-0.25, -0.2) is 4.39 Å². The van der Waals surface area contributed by atoms with Crippen LogP contribution >= 0.6 is 11.8 Å². The number of nitrogens with zero attached hydrogens (tertiary/aromatic N) is 1. The molecule has 166 valence electrons. The van der Waals surface area contributed by atoms with Crippen LogP contribution in [0.4, 0.5) is 4.39 Å². The lowest BCUT2D eigenvalue weighted by Crippen LogP contribution is -2.18. The molecule has 0 unspecified atom stereocenters. The summed E-state index contributed by atoms with van der Waals surface area (Å²) >= 11 is 1.56. The minimum Gasteiger partial charge on any atom is -0.425 e. The minimum absolute atomic E-state index is 0.151. The Morgan fingerprint density at radius 2 is 1.84 bits per heavy atom. The zero-order valence-corrected chi connectivity index (χ0v) is 20.0. The van der Waals surface area contributed by atoms with Crippen LogP contribution in [0.2, 0.25) is 0 Å². The van der Waals surface area contributed by atoms with Crippen LogP contribution in [0.25, 0.3) is 21.8 Å². The van der Waals surface area contributed by atoms with E-state index in [0.717, 1.165) is 37.8 Å². The van der Waals surface area contributed by atoms with Gasteiger partial charge in [0.2, 0.25) is 0 Å². The second kappa shape index (κ2) is 8.62. The van der Waals surface area contributed by atoms with Crippen LogP contribution in [0.5, 0.6) is 5.75 Å². The maximum Gasteiger partial charge on any atom is 0.311 e. The standard InChI is InChI=1S/C27H28FNO2S/c1-17-13-22(31-23(30)15-27(2,3)4)26(32-5)25-24(17)20-11-6-7-12-21(20)29(25)16-18-9-8-10-19(28)14-18/h6-14H,15-16H2,1-5H3. The van der Waals surface area contributed by atoms with Crippen molar-refractivity contribution in [3.8, 4) is 5.75 Å². The molecule has 3 nitrogen and oxygen atoms in total. The van der Waals surface area contributed by atoms with Gasteiger partial charge >= 0.3 is 5.97 Å². The Balaban J connectivity index is 1.94. The Morgan fingerprint density at radius 1 is 1.09 bits per heavy atom. The zero-order valence-electron chi connectivity index (χ0n) is 19.2. The molecule has 0 atom stereocenters. The quantitative estimate of drug-likeness (QED) is 0.181. The smallest absolute Gasteiger partial charge is 0.311 e. The molecule has 0 aliphatic heterocycles. The number of ether oxygens (including phenoxy) is 1. The summed E-state index contributed by atoms with van der Waals surface area (Å²) in [6.07, 6.45) is 2.33. The third-order valence-corrected chi connectivity index (χ3v) is 6.29. The number of carbonyl (C=O) groups excluding carboxylic acids is 1. The number of benzene rings is 3. The molecule has 0 amide bonds. The van der Waals surface area contributed by atoms with Crippen molar-refractivity contribution in [2.75, 3.05) is 6.26 Å². The Bertz CT molecular complexity index is 1320. The van der Waals surface area contributed by atoms with Gasteiger partial charge in [0.1, 0.15) is 11.6 Å². The van der Waals surface area contributed by atoms with E-state index >= 15 is 0 Å². The number of esters is 1. The first kappa shape index (κ1) is 22.4. The summed E-state index contributed by atoms with van der Waals surface area (Å²) in [5.74, 6) is 0.0979. The maximum absolute atomic E-state index is 13.9. The fourth-order valence-corrected chi connectivity index (χ4v) is 4.94. The van der Waals surface area contributed by atoms with Crippen molar-refractivity contribution in [2.24, 2.45) is 5.41 Å². The summed E-state index contributed by atoms with van der Waals surface area (Å²) in [6, 6.07) is 16.9. The highest BCUT2D eigenvalue weighted by molar-refractivity contribution is 7.99. The van der Waals surface area contributed by atoms with Gasteiger partial charge in [0.15, 0.2) is 0 Å². The van der Waals surface area contributed by atoms with E-state index in [4.69, 9.17) is 4.74 Å². The summed E-state index contributed by atoms with van der Waals surface area (Å²) in [7, 11) is 0. The first-order valence-corrected chi connectivity index (χ1v) is 11.9. The molecule has 1 aromatic heterocycles. The molecule has 0 aliphatic rings. The summed E-state index contributed by atoms with van der Waals surface area (Å²) in [6.45, 7) is 8.64. The van der Waals surface area contributed by atoms with Gasteiger partial charge < -0.3 is 9.30 Å². The second-order valence-corrected chi connectivity index (χ2v) is 10.2. The van der Waals surface area contributed by atoms with E-state index in [9.17, 15) is 9.18 Å². The fourth-order valence-electron chi connectivity index (χ4n) is 4.24. The van der Waals surface area contributed by atoms with Gasteiger partial charge in [0, 0.05) is 22.8 Å². The summed E-state index contributed by atoms with van der Waals surface area (Å²) < 4.78 is 22.0. The van der Waals surface area contributed by atoms with Crippen molar-refractivity contribution in [3.05, 3.63) is 71.5 Å². The summed E-state index contributed by atoms with van der Waals surface area (Å²) in [5, 5.41) is 2.27. The molecule has 0 aliphatic carbocycles. The van der Waals surface area contributed by atoms with Gasteiger partial charge in [-0.1, -0.05) is 51.1 Å². The molecule has 0 spiro atoms. The molecule has 4 rings (SSSR count). The number of fused-ring (bicyclic) bond motifs is 3. The molecule has 3 aromatic carbocycles. The molecule has 32 heavy (non-hydrogen) atoms. The van der Waals surface area contributed by atoms with E-state index in [-0.39, 0.29) is 17.2 Å². The van der Waals surface area contributed by atoms with Crippen molar-refractivity contribution >= 4 is 39.5 Å². The molecule has 0 radical (unpaired) electrons. The number of carbonyl (C=O) groups is 1. The maximum atomic E-state index is 13.9. The van der Waals surface area contributed by atoms with Gasteiger partial charge in [-0.2, -0.15) is 0 Å². The van der Waals surface area contributed by atoms with E-state index in [1.807, 2.05) is 58.2 Å². The first-order valence-electron chi connectivity index (χ1n) is 10.7. The highest BCUT2D eigenvalue weighted by Crippen LogP contribution is 2.43. The lowest BCUT2D eigenvalue weighted by molar-refractivity contribution is -0.136. The lowest BCUT2D eigenvalue weighted by Gasteiger charge is -2.18. The van der Waals surface area contributed by atoms with Crippen LogP contribution in [-0.2, 0) is 11.3 Å². The molecule has 0 saturated heterocycles. The monoisotopic (exact) mass is 449 g/mol. The van der Waals surface area contributed by atoms with Gasteiger partial charge in [-0.15, -0.1) is 11.8 Å². The number of hydrogen-bond donors (Lipinski definition) is 0. The largest absolute Gasteiger partial charge is 0.425 e. The first-order chi connectivity index (χ1) is 15.2. The number of aryl methyl sites for hydroxylation is 1. The van der Waals surface area contributed by atoms with E-state index in [1.54, 1.807) is 23.9 Å². The van der Waals surface area contributed by atoms with Crippen LogP contribution in [0.3, 0.4) is 0 Å². The van der Waals surface area contributed by atoms with E-state index in [2.05, 4.69) is 16.7 Å². The van der Waals surface area contributed by atoms with Crippen molar-refractivity contribution in [1.82, 2.24) is 4.57 Å². The fraction of sp³-hybridized carbons (Fsp3) is 0.296. The molecular weight excluding hydrogens is 421 g/mol. The number of hydrogen-bond acceptors (Lipinski definition) is 3. The van der Waals surface area contributed by atoms with Gasteiger partial charge in [-0.3, -0.25) is 4.79 Å². The van der Waals surface area contributed by atoms with Crippen LogP contribution in [-0.4, -0.2) is 16.8 Å². The number of rotatable bonds is 5.